The topological polar surface area (TPSA) is 42.3 Å². The number of halogens is 1. The van der Waals surface area contributed by atoms with Crippen LogP contribution in [0.25, 0.3) is 11.8 Å². The van der Waals surface area contributed by atoms with E-state index in [1.165, 1.54) is 4.90 Å². The maximum atomic E-state index is 12.9. The molecular weight excluding hydrogens is 416 g/mol. The Labute approximate surface area is 185 Å². The van der Waals surface area contributed by atoms with E-state index in [2.05, 4.69) is 4.57 Å². The zero-order valence-corrected chi connectivity index (χ0v) is 18.6. The van der Waals surface area contributed by atoms with Crippen LogP contribution in [0.2, 0.25) is 5.02 Å². The number of aryl methyl sites for hydroxylation is 2. The molecule has 0 atom stereocenters. The van der Waals surface area contributed by atoms with Gasteiger partial charge in [-0.1, -0.05) is 41.4 Å². The highest BCUT2D eigenvalue weighted by Crippen LogP contribution is 2.34. The van der Waals surface area contributed by atoms with Gasteiger partial charge in [-0.3, -0.25) is 14.5 Å². The number of rotatable bonds is 4. The number of thioether (sulfide) groups is 1. The van der Waals surface area contributed by atoms with Crippen molar-refractivity contribution in [3.63, 3.8) is 0 Å². The maximum absolute atomic E-state index is 12.9. The number of aromatic nitrogens is 1. The summed E-state index contributed by atoms with van der Waals surface area (Å²) < 4.78 is 2.11. The highest BCUT2D eigenvalue weighted by atomic mass is 35.5. The molecule has 2 heterocycles. The molecule has 0 N–H and O–H groups in total. The van der Waals surface area contributed by atoms with E-state index in [1.54, 1.807) is 0 Å². The van der Waals surface area contributed by atoms with Gasteiger partial charge >= 0.3 is 0 Å². The summed E-state index contributed by atoms with van der Waals surface area (Å²) in [4.78, 5) is 27.1. The van der Waals surface area contributed by atoms with Gasteiger partial charge in [0.05, 0.1) is 11.4 Å². The monoisotopic (exact) mass is 436 g/mol. The molecule has 1 aromatic heterocycles. The van der Waals surface area contributed by atoms with Crippen molar-refractivity contribution in [2.45, 2.75) is 27.3 Å². The van der Waals surface area contributed by atoms with E-state index in [1.807, 2.05) is 81.4 Å². The lowest BCUT2D eigenvalue weighted by molar-refractivity contribution is -0.123. The molecule has 30 heavy (non-hydrogen) atoms. The Kier molecular flexibility index (Phi) is 5.58. The third-order valence-corrected chi connectivity index (χ3v) is 6.34. The number of amides is 2. The number of benzene rings is 2. The van der Waals surface area contributed by atoms with E-state index in [9.17, 15) is 9.59 Å². The quantitative estimate of drug-likeness (QED) is 0.451. The molecule has 1 fully saturated rings. The lowest BCUT2D eigenvalue weighted by Crippen LogP contribution is -2.27. The van der Waals surface area contributed by atoms with Crippen LogP contribution in [0.4, 0.5) is 4.79 Å². The summed E-state index contributed by atoms with van der Waals surface area (Å²) in [5, 5.41) is 0.446. The van der Waals surface area contributed by atoms with Gasteiger partial charge < -0.3 is 4.57 Å². The number of carbonyl (C=O) groups excluding carboxylic acids is 2. The molecule has 1 saturated heterocycles. The van der Waals surface area contributed by atoms with Crippen molar-refractivity contribution in [1.82, 2.24) is 9.47 Å². The minimum atomic E-state index is -0.248. The van der Waals surface area contributed by atoms with Gasteiger partial charge in [-0.2, -0.15) is 0 Å². The van der Waals surface area contributed by atoms with E-state index < -0.39 is 0 Å². The molecule has 152 valence electrons. The molecule has 1 aliphatic rings. The third-order valence-electron chi connectivity index (χ3n) is 5.18. The summed E-state index contributed by atoms with van der Waals surface area (Å²) in [5.74, 6) is -0.248. The summed E-state index contributed by atoms with van der Waals surface area (Å²) >= 11 is 7.00. The van der Waals surface area contributed by atoms with Crippen LogP contribution in [0.15, 0.2) is 59.5 Å². The minimum Gasteiger partial charge on any atom is -0.318 e. The molecule has 1 aliphatic heterocycles. The average Bonchev–Trinajstić information content (AvgIpc) is 3.14. The van der Waals surface area contributed by atoms with Crippen LogP contribution in [0.1, 0.15) is 28.1 Å². The van der Waals surface area contributed by atoms with E-state index >= 15 is 0 Å². The van der Waals surface area contributed by atoms with Crippen molar-refractivity contribution >= 4 is 40.6 Å². The van der Waals surface area contributed by atoms with Crippen molar-refractivity contribution in [2.24, 2.45) is 0 Å². The Balaban J connectivity index is 1.61. The Morgan fingerprint density at radius 2 is 1.63 bits per heavy atom. The van der Waals surface area contributed by atoms with E-state index in [4.69, 9.17) is 11.6 Å². The van der Waals surface area contributed by atoms with Crippen LogP contribution in [0, 0.1) is 20.8 Å². The van der Waals surface area contributed by atoms with E-state index in [0.717, 1.165) is 45.5 Å². The van der Waals surface area contributed by atoms with E-state index in [-0.39, 0.29) is 17.7 Å². The zero-order chi connectivity index (χ0) is 21.4. The van der Waals surface area contributed by atoms with Crippen LogP contribution in [0.5, 0.6) is 0 Å². The first kappa shape index (κ1) is 20.5. The second-order valence-electron chi connectivity index (χ2n) is 7.39. The molecule has 0 unspecified atom stereocenters. The Morgan fingerprint density at radius 1 is 0.967 bits per heavy atom. The van der Waals surface area contributed by atoms with Crippen molar-refractivity contribution < 1.29 is 9.59 Å². The van der Waals surface area contributed by atoms with Crippen molar-refractivity contribution in [2.75, 3.05) is 0 Å². The van der Waals surface area contributed by atoms with Gasteiger partial charge in [0.2, 0.25) is 0 Å². The fourth-order valence-corrected chi connectivity index (χ4v) is 4.53. The Hall–Kier alpha value is -2.76. The van der Waals surface area contributed by atoms with Crippen LogP contribution in [0.3, 0.4) is 0 Å². The summed E-state index contributed by atoms with van der Waals surface area (Å²) in [6.07, 6.45) is 1.81. The SMILES string of the molecule is Cc1ccc(CN2C(=O)S/C(=C\c3cc(C)n(-c4ccc(Cl)cc4)c3C)C2=O)cc1. The van der Waals surface area contributed by atoms with Gasteiger partial charge in [0.1, 0.15) is 0 Å². The number of nitrogens with zero attached hydrogens (tertiary/aromatic N) is 2. The van der Waals surface area contributed by atoms with Crippen LogP contribution < -0.4 is 0 Å². The van der Waals surface area contributed by atoms with Gasteiger partial charge in [0, 0.05) is 22.1 Å². The van der Waals surface area contributed by atoms with Crippen LogP contribution in [-0.4, -0.2) is 20.6 Å². The molecule has 2 aromatic carbocycles. The second-order valence-corrected chi connectivity index (χ2v) is 8.82. The predicted octanol–water partition coefficient (Wildman–Crippen LogP) is 6.29. The Morgan fingerprint density at radius 3 is 2.30 bits per heavy atom. The molecule has 0 aliphatic carbocycles. The molecular formula is C24H21ClN2O2S. The molecule has 6 heteroatoms. The van der Waals surface area contributed by atoms with Gasteiger partial charge in [0.25, 0.3) is 11.1 Å². The molecule has 0 bridgehead atoms. The fourth-order valence-electron chi connectivity index (χ4n) is 3.57. The maximum Gasteiger partial charge on any atom is 0.293 e. The van der Waals surface area contributed by atoms with Gasteiger partial charge in [-0.05, 0) is 80.1 Å². The summed E-state index contributed by atoms with van der Waals surface area (Å²) in [7, 11) is 0. The third kappa shape index (κ3) is 3.95. The van der Waals surface area contributed by atoms with Crippen molar-refractivity contribution in [1.29, 1.82) is 0 Å². The molecule has 4 rings (SSSR count). The number of hydrogen-bond acceptors (Lipinski definition) is 3. The first-order valence-corrected chi connectivity index (χ1v) is 10.8. The molecule has 3 aromatic rings. The first-order valence-electron chi connectivity index (χ1n) is 9.59. The van der Waals surface area contributed by atoms with Gasteiger partial charge in [-0.25, -0.2) is 0 Å². The molecule has 2 amide bonds. The lowest BCUT2D eigenvalue weighted by atomic mass is 10.1. The summed E-state index contributed by atoms with van der Waals surface area (Å²) in [6.45, 7) is 6.31. The Bertz CT molecular complexity index is 1160. The van der Waals surface area contributed by atoms with Crippen LogP contribution >= 0.6 is 23.4 Å². The molecule has 0 radical (unpaired) electrons. The highest BCUT2D eigenvalue weighted by Gasteiger charge is 2.35. The standard InChI is InChI=1S/C24H21ClN2O2S/c1-15-4-6-18(7-5-15)14-26-23(28)22(30-24(26)29)13-19-12-16(2)27(17(19)3)21-10-8-20(25)9-11-21/h4-13H,14H2,1-3H3/b22-13-. The van der Waals surface area contributed by atoms with Crippen molar-refractivity contribution in [3.05, 3.63) is 92.6 Å². The normalized spacial score (nSPS) is 15.5. The first-order chi connectivity index (χ1) is 14.3. The zero-order valence-electron chi connectivity index (χ0n) is 17.0. The number of hydrogen-bond donors (Lipinski definition) is 0. The number of carbonyl (C=O) groups is 2. The minimum absolute atomic E-state index is 0.238. The number of imide groups is 1. The molecule has 0 saturated carbocycles. The van der Waals surface area contributed by atoms with E-state index in [0.29, 0.717) is 9.93 Å². The van der Waals surface area contributed by atoms with Gasteiger partial charge in [0.15, 0.2) is 0 Å². The predicted molar refractivity (Wildman–Crippen MR) is 123 cm³/mol. The molecule has 0 spiro atoms. The fraction of sp³-hybridized carbons (Fsp3) is 0.167. The van der Waals surface area contributed by atoms with Crippen LogP contribution in [-0.2, 0) is 11.3 Å². The summed E-state index contributed by atoms with van der Waals surface area (Å²) in [5.41, 5.74) is 6.04. The second kappa shape index (κ2) is 8.17. The largest absolute Gasteiger partial charge is 0.318 e. The molecule has 4 nitrogen and oxygen atoms in total. The van der Waals surface area contributed by atoms with Crippen molar-refractivity contribution in [3.8, 4) is 5.69 Å². The smallest absolute Gasteiger partial charge is 0.293 e. The highest BCUT2D eigenvalue weighted by molar-refractivity contribution is 8.18. The lowest BCUT2D eigenvalue weighted by Gasteiger charge is -2.12. The summed E-state index contributed by atoms with van der Waals surface area (Å²) in [6, 6.07) is 17.5. The van der Waals surface area contributed by atoms with Gasteiger partial charge in [-0.15, -0.1) is 0 Å². The average molecular weight is 437 g/mol.